The molecule has 3 aromatic carbocycles. The van der Waals surface area contributed by atoms with Gasteiger partial charge < -0.3 is 9.47 Å². The number of nitrogens with zero attached hydrogens (tertiary/aromatic N) is 2. The highest BCUT2D eigenvalue weighted by Gasteiger charge is 2.15. The van der Waals surface area contributed by atoms with Crippen molar-refractivity contribution in [3.05, 3.63) is 82.9 Å². The highest BCUT2D eigenvalue weighted by Crippen LogP contribution is 2.29. The van der Waals surface area contributed by atoms with Crippen LogP contribution in [0.5, 0.6) is 11.5 Å². The molecule has 0 spiro atoms. The zero-order valence-electron chi connectivity index (χ0n) is 15.8. The maximum absolute atomic E-state index is 12.4. The molecule has 0 atom stereocenters. The maximum Gasteiger partial charge on any atom is 0.345 e. The lowest BCUT2D eigenvalue weighted by molar-refractivity contribution is 0.0730. The number of hydrogen-bond acceptors (Lipinski definition) is 7. The first kappa shape index (κ1) is 19.9. The molecule has 0 aliphatic rings. The van der Waals surface area contributed by atoms with Gasteiger partial charge in [-0.25, -0.2) is 9.78 Å². The summed E-state index contributed by atoms with van der Waals surface area (Å²) in [5.41, 5.74) is 4.90. The Morgan fingerprint density at radius 2 is 1.90 bits per heavy atom. The van der Waals surface area contributed by atoms with Gasteiger partial charge in [-0.2, -0.15) is 5.10 Å². The number of esters is 1. The van der Waals surface area contributed by atoms with E-state index in [2.05, 4.69) is 15.5 Å². The molecule has 0 unspecified atom stereocenters. The first-order valence-corrected chi connectivity index (χ1v) is 10.1. The Labute approximate surface area is 181 Å². The van der Waals surface area contributed by atoms with Gasteiger partial charge in [0.25, 0.3) is 0 Å². The number of halogens is 1. The highest BCUT2D eigenvalue weighted by atomic mass is 35.5. The number of para-hydroxylation sites is 1. The van der Waals surface area contributed by atoms with Gasteiger partial charge in [0.15, 0.2) is 11.5 Å². The van der Waals surface area contributed by atoms with Gasteiger partial charge in [0, 0.05) is 0 Å². The van der Waals surface area contributed by atoms with E-state index in [1.807, 2.05) is 24.3 Å². The number of aromatic nitrogens is 1. The average molecular weight is 438 g/mol. The minimum absolute atomic E-state index is 0.284. The zero-order valence-corrected chi connectivity index (χ0v) is 17.4. The fraction of sp³-hybridized carbons (Fsp3) is 0.0455. The molecule has 30 heavy (non-hydrogen) atoms. The Morgan fingerprint density at radius 3 is 2.70 bits per heavy atom. The van der Waals surface area contributed by atoms with E-state index in [0.29, 0.717) is 21.7 Å². The monoisotopic (exact) mass is 437 g/mol. The van der Waals surface area contributed by atoms with Gasteiger partial charge in [0.2, 0.25) is 5.13 Å². The van der Waals surface area contributed by atoms with Crippen molar-refractivity contribution in [2.75, 3.05) is 12.5 Å². The van der Waals surface area contributed by atoms with Crippen molar-refractivity contribution in [1.29, 1.82) is 0 Å². The van der Waals surface area contributed by atoms with Gasteiger partial charge in [-0.3, -0.25) is 5.43 Å². The van der Waals surface area contributed by atoms with Crippen LogP contribution in [0.15, 0.2) is 71.8 Å². The van der Waals surface area contributed by atoms with Crippen LogP contribution in [0.25, 0.3) is 10.2 Å². The second-order valence-electron chi connectivity index (χ2n) is 6.14. The normalized spacial score (nSPS) is 11.0. The number of hydrazone groups is 1. The number of benzene rings is 3. The van der Waals surface area contributed by atoms with Crippen molar-refractivity contribution < 1.29 is 14.3 Å². The lowest BCUT2D eigenvalue weighted by Gasteiger charge is -2.10. The summed E-state index contributed by atoms with van der Waals surface area (Å²) in [4.78, 5) is 16.8. The first-order chi connectivity index (χ1) is 14.6. The van der Waals surface area contributed by atoms with E-state index in [1.54, 1.807) is 48.7 Å². The number of nitrogens with one attached hydrogen (secondary N) is 1. The van der Waals surface area contributed by atoms with Gasteiger partial charge in [0.05, 0.1) is 34.1 Å². The number of ether oxygens (including phenoxy) is 2. The molecular formula is C22H16ClN3O3S. The maximum atomic E-state index is 12.4. The molecule has 4 aromatic rings. The van der Waals surface area contributed by atoms with E-state index in [4.69, 9.17) is 21.1 Å². The molecule has 0 saturated heterocycles. The van der Waals surface area contributed by atoms with Crippen LogP contribution in [0.4, 0.5) is 5.13 Å². The fourth-order valence-electron chi connectivity index (χ4n) is 2.71. The SMILES string of the molecule is COc1cc(/C=N\Nc2nc3ccccc3s2)ccc1OC(=O)c1ccccc1Cl. The third kappa shape index (κ3) is 4.42. The topological polar surface area (TPSA) is 72.8 Å². The van der Waals surface area contributed by atoms with E-state index in [0.717, 1.165) is 15.8 Å². The summed E-state index contributed by atoms with van der Waals surface area (Å²) in [6, 6.07) is 19.7. The Bertz CT molecular complexity index is 1210. The van der Waals surface area contributed by atoms with Crippen LogP contribution in [0, 0.1) is 0 Å². The number of thiazole rings is 1. The van der Waals surface area contributed by atoms with Crippen LogP contribution in [0.2, 0.25) is 5.02 Å². The molecule has 0 amide bonds. The lowest BCUT2D eigenvalue weighted by Crippen LogP contribution is -2.10. The van der Waals surface area contributed by atoms with Crippen LogP contribution in [-0.4, -0.2) is 24.3 Å². The Balaban J connectivity index is 1.47. The molecule has 150 valence electrons. The van der Waals surface area contributed by atoms with E-state index in [9.17, 15) is 4.79 Å². The summed E-state index contributed by atoms with van der Waals surface area (Å²) in [6.07, 6.45) is 1.63. The van der Waals surface area contributed by atoms with Gasteiger partial charge in [-0.1, -0.05) is 47.2 Å². The summed E-state index contributed by atoms with van der Waals surface area (Å²) >= 11 is 7.58. The predicted octanol–water partition coefficient (Wildman–Crippen LogP) is 5.62. The molecule has 0 bridgehead atoms. The Kier molecular flexibility index (Phi) is 5.92. The van der Waals surface area contributed by atoms with Crippen LogP contribution in [-0.2, 0) is 0 Å². The number of hydrogen-bond donors (Lipinski definition) is 1. The first-order valence-electron chi connectivity index (χ1n) is 8.93. The Hall–Kier alpha value is -3.42. The van der Waals surface area contributed by atoms with Crippen molar-refractivity contribution in [3.63, 3.8) is 0 Å². The number of carbonyl (C=O) groups is 1. The fourth-order valence-corrected chi connectivity index (χ4v) is 3.74. The van der Waals surface area contributed by atoms with Gasteiger partial charge >= 0.3 is 5.97 Å². The molecule has 8 heteroatoms. The molecule has 1 heterocycles. The van der Waals surface area contributed by atoms with Crippen molar-refractivity contribution in [1.82, 2.24) is 4.98 Å². The van der Waals surface area contributed by atoms with Gasteiger partial charge in [-0.05, 0) is 48.0 Å². The number of methoxy groups -OCH3 is 1. The van der Waals surface area contributed by atoms with Crippen molar-refractivity contribution >= 4 is 50.5 Å². The molecule has 0 aliphatic heterocycles. The van der Waals surface area contributed by atoms with Gasteiger partial charge in [0.1, 0.15) is 0 Å². The summed E-state index contributed by atoms with van der Waals surface area (Å²) < 4.78 is 11.9. The zero-order chi connectivity index (χ0) is 20.9. The molecule has 6 nitrogen and oxygen atoms in total. The second kappa shape index (κ2) is 8.94. The lowest BCUT2D eigenvalue weighted by atomic mass is 10.2. The van der Waals surface area contributed by atoms with Gasteiger partial charge in [-0.15, -0.1) is 0 Å². The van der Waals surface area contributed by atoms with Crippen LogP contribution in [0.3, 0.4) is 0 Å². The van der Waals surface area contributed by atoms with Crippen molar-refractivity contribution in [3.8, 4) is 11.5 Å². The third-order valence-electron chi connectivity index (χ3n) is 4.15. The molecule has 0 fully saturated rings. The van der Waals surface area contributed by atoms with E-state index < -0.39 is 5.97 Å². The quantitative estimate of drug-likeness (QED) is 0.183. The summed E-state index contributed by atoms with van der Waals surface area (Å²) in [6.45, 7) is 0. The molecular weight excluding hydrogens is 422 g/mol. The van der Waals surface area contributed by atoms with E-state index >= 15 is 0 Å². The molecule has 0 saturated carbocycles. The second-order valence-corrected chi connectivity index (χ2v) is 7.57. The van der Waals surface area contributed by atoms with Crippen molar-refractivity contribution in [2.24, 2.45) is 5.10 Å². The average Bonchev–Trinajstić information content (AvgIpc) is 3.17. The van der Waals surface area contributed by atoms with Crippen molar-refractivity contribution in [2.45, 2.75) is 0 Å². The molecule has 4 rings (SSSR count). The predicted molar refractivity (Wildman–Crippen MR) is 120 cm³/mol. The number of anilines is 1. The highest BCUT2D eigenvalue weighted by molar-refractivity contribution is 7.22. The number of fused-ring (bicyclic) bond motifs is 1. The minimum Gasteiger partial charge on any atom is -0.493 e. The summed E-state index contributed by atoms with van der Waals surface area (Å²) in [7, 11) is 1.50. The Morgan fingerprint density at radius 1 is 1.10 bits per heavy atom. The van der Waals surface area contributed by atoms with E-state index in [1.165, 1.54) is 18.4 Å². The summed E-state index contributed by atoms with van der Waals surface area (Å²) in [5, 5.41) is 5.25. The van der Waals surface area contributed by atoms with Crippen LogP contribution < -0.4 is 14.9 Å². The molecule has 0 radical (unpaired) electrons. The molecule has 0 aliphatic carbocycles. The van der Waals surface area contributed by atoms with Crippen LogP contribution >= 0.6 is 22.9 Å². The third-order valence-corrected chi connectivity index (χ3v) is 5.42. The molecule has 1 N–H and O–H groups in total. The number of rotatable bonds is 6. The largest absolute Gasteiger partial charge is 0.493 e. The number of carbonyl (C=O) groups excluding carboxylic acids is 1. The smallest absolute Gasteiger partial charge is 0.345 e. The standard InChI is InChI=1S/C22H16ClN3O3S/c1-28-19-12-14(13-24-26-22-25-17-8-4-5-9-20(17)30-22)10-11-18(19)29-21(27)15-6-2-3-7-16(15)23/h2-13H,1H3,(H,25,26)/b24-13-. The molecule has 1 aromatic heterocycles. The minimum atomic E-state index is -0.558. The van der Waals surface area contributed by atoms with Crippen LogP contribution in [0.1, 0.15) is 15.9 Å². The van der Waals surface area contributed by atoms with E-state index in [-0.39, 0.29) is 5.56 Å². The summed E-state index contributed by atoms with van der Waals surface area (Å²) in [5.74, 6) is 0.135.